The lowest BCUT2D eigenvalue weighted by molar-refractivity contribution is 0.0474. The summed E-state index contributed by atoms with van der Waals surface area (Å²) in [4.78, 5) is 25.0. The van der Waals surface area contributed by atoms with Gasteiger partial charge in [-0.3, -0.25) is 9.10 Å². The Morgan fingerprint density at radius 1 is 1.03 bits per heavy atom. The fraction of sp³-hybridized carbons (Fsp3) is 0.217. The zero-order valence-electron chi connectivity index (χ0n) is 18.1. The van der Waals surface area contributed by atoms with Gasteiger partial charge >= 0.3 is 5.97 Å². The van der Waals surface area contributed by atoms with Crippen molar-refractivity contribution in [3.63, 3.8) is 0 Å². The molecule has 0 saturated carbocycles. The smallest absolute Gasteiger partial charge is 0.340 e. The fourth-order valence-corrected chi connectivity index (χ4v) is 4.60. The van der Waals surface area contributed by atoms with Gasteiger partial charge in [-0.15, -0.1) is 0 Å². The number of benzene rings is 2. The molecule has 0 atom stereocenters. The summed E-state index contributed by atoms with van der Waals surface area (Å²) in [6.07, 6.45) is 0. The number of para-hydroxylation sites is 1. The molecule has 0 radical (unpaired) electrons. The van der Waals surface area contributed by atoms with Crippen LogP contribution in [-0.4, -0.2) is 38.4 Å². The molecule has 0 N–H and O–H groups in total. The van der Waals surface area contributed by atoms with E-state index in [4.69, 9.17) is 16.3 Å². The molecule has 0 bridgehead atoms. The number of carbonyl (C=O) groups is 2. The summed E-state index contributed by atoms with van der Waals surface area (Å²) in [5.74, 6) is -1.24. The number of esters is 1. The third-order valence-electron chi connectivity index (χ3n) is 5.35. The predicted octanol–water partition coefficient (Wildman–Crippen LogP) is 4.16. The molecule has 0 aliphatic carbocycles. The van der Waals surface area contributed by atoms with E-state index in [0.29, 0.717) is 11.3 Å². The molecule has 3 aromatic rings. The molecular formula is C23H23ClN2O5S. The monoisotopic (exact) mass is 474 g/mol. The lowest BCUT2D eigenvalue weighted by Crippen LogP contribution is -2.26. The van der Waals surface area contributed by atoms with Crippen LogP contribution >= 0.6 is 11.6 Å². The van der Waals surface area contributed by atoms with E-state index in [0.717, 1.165) is 21.8 Å². The number of aromatic nitrogens is 1. The van der Waals surface area contributed by atoms with Crippen molar-refractivity contribution in [2.45, 2.75) is 18.7 Å². The van der Waals surface area contributed by atoms with Crippen molar-refractivity contribution < 1.29 is 22.7 Å². The molecule has 1 heterocycles. The molecule has 9 heteroatoms. The highest BCUT2D eigenvalue weighted by Crippen LogP contribution is 2.26. The normalized spacial score (nSPS) is 11.3. The molecule has 7 nitrogen and oxygen atoms in total. The average Bonchev–Trinajstić information content (AvgIpc) is 3.04. The maximum Gasteiger partial charge on any atom is 0.340 e. The number of rotatable bonds is 7. The van der Waals surface area contributed by atoms with Crippen LogP contribution in [0.5, 0.6) is 0 Å². The molecule has 32 heavy (non-hydrogen) atoms. The molecule has 0 aliphatic heterocycles. The average molecular weight is 475 g/mol. The van der Waals surface area contributed by atoms with E-state index in [1.54, 1.807) is 43.3 Å². The molecule has 2 aromatic carbocycles. The highest BCUT2D eigenvalue weighted by Gasteiger charge is 2.25. The second kappa shape index (κ2) is 9.18. The number of ether oxygens (including phenoxy) is 1. The van der Waals surface area contributed by atoms with E-state index in [-0.39, 0.29) is 21.3 Å². The Morgan fingerprint density at radius 2 is 1.69 bits per heavy atom. The summed E-state index contributed by atoms with van der Waals surface area (Å²) in [5.41, 5.74) is 2.46. The van der Waals surface area contributed by atoms with Crippen LogP contribution in [0.15, 0.2) is 59.5 Å². The van der Waals surface area contributed by atoms with Gasteiger partial charge < -0.3 is 9.30 Å². The summed E-state index contributed by atoms with van der Waals surface area (Å²) in [6, 6.07) is 14.0. The van der Waals surface area contributed by atoms with Gasteiger partial charge in [0.2, 0.25) is 5.78 Å². The maximum absolute atomic E-state index is 13.0. The van der Waals surface area contributed by atoms with Crippen LogP contribution in [0.3, 0.4) is 0 Å². The molecule has 0 unspecified atom stereocenters. The Morgan fingerprint density at radius 3 is 2.28 bits per heavy atom. The third kappa shape index (κ3) is 4.56. The first-order valence-corrected chi connectivity index (χ1v) is 11.5. The fourth-order valence-electron chi connectivity index (χ4n) is 3.18. The van der Waals surface area contributed by atoms with E-state index < -0.39 is 22.6 Å². The number of hydrogen-bond acceptors (Lipinski definition) is 5. The number of hydrogen-bond donors (Lipinski definition) is 0. The van der Waals surface area contributed by atoms with Crippen LogP contribution in [0, 0.1) is 13.8 Å². The standard InChI is InChI=1S/C23H23ClN2O5S/c1-15-12-19(16(2)25(15)3)22(27)14-31-23(28)20-13-18(10-11-21(20)24)32(29,30)26(4)17-8-6-5-7-9-17/h5-13H,14H2,1-4H3. The molecular weight excluding hydrogens is 452 g/mol. The second-order valence-electron chi connectivity index (χ2n) is 7.29. The highest BCUT2D eigenvalue weighted by atomic mass is 35.5. The van der Waals surface area contributed by atoms with Crippen molar-refractivity contribution in [2.24, 2.45) is 7.05 Å². The number of Topliss-reactive ketones (excluding diaryl/α,β-unsaturated/α-hetero) is 1. The van der Waals surface area contributed by atoms with Gasteiger partial charge in [-0.25, -0.2) is 13.2 Å². The molecule has 0 aliphatic rings. The van der Waals surface area contributed by atoms with Gasteiger partial charge in [0.05, 0.1) is 21.2 Å². The van der Waals surface area contributed by atoms with Gasteiger partial charge in [-0.1, -0.05) is 29.8 Å². The van der Waals surface area contributed by atoms with E-state index >= 15 is 0 Å². The summed E-state index contributed by atoms with van der Waals surface area (Å²) in [5, 5.41) is 0.0236. The minimum absolute atomic E-state index is 0.0236. The van der Waals surface area contributed by atoms with Crippen LogP contribution in [0.25, 0.3) is 0 Å². The zero-order chi connectivity index (χ0) is 23.6. The van der Waals surface area contributed by atoms with Crippen molar-refractivity contribution in [1.82, 2.24) is 4.57 Å². The number of ketones is 1. The summed E-state index contributed by atoms with van der Waals surface area (Å²) in [7, 11) is -0.694. The van der Waals surface area contributed by atoms with Crippen molar-refractivity contribution in [3.8, 4) is 0 Å². The van der Waals surface area contributed by atoms with Crippen molar-refractivity contribution >= 4 is 39.1 Å². The second-order valence-corrected chi connectivity index (χ2v) is 9.67. The number of carbonyl (C=O) groups excluding carboxylic acids is 2. The number of nitrogens with zero attached hydrogens (tertiary/aromatic N) is 2. The maximum atomic E-state index is 13.0. The van der Waals surface area contributed by atoms with Crippen LogP contribution < -0.4 is 4.31 Å². The number of aryl methyl sites for hydroxylation is 1. The van der Waals surface area contributed by atoms with Gasteiger partial charge in [-0.05, 0) is 50.2 Å². The third-order valence-corrected chi connectivity index (χ3v) is 7.46. The van der Waals surface area contributed by atoms with Gasteiger partial charge in [0, 0.05) is 31.0 Å². The molecule has 3 rings (SSSR count). The zero-order valence-corrected chi connectivity index (χ0v) is 19.7. The van der Waals surface area contributed by atoms with Crippen LogP contribution in [0.1, 0.15) is 32.1 Å². The minimum Gasteiger partial charge on any atom is -0.454 e. The first-order valence-electron chi connectivity index (χ1n) is 9.70. The lowest BCUT2D eigenvalue weighted by Gasteiger charge is -2.20. The van der Waals surface area contributed by atoms with E-state index in [9.17, 15) is 18.0 Å². The Kier molecular flexibility index (Phi) is 6.76. The van der Waals surface area contributed by atoms with E-state index in [1.165, 1.54) is 19.2 Å². The van der Waals surface area contributed by atoms with Crippen LogP contribution in [-0.2, 0) is 21.8 Å². The first-order chi connectivity index (χ1) is 15.0. The number of anilines is 1. The summed E-state index contributed by atoms with van der Waals surface area (Å²) >= 11 is 6.12. The van der Waals surface area contributed by atoms with Gasteiger partial charge in [0.25, 0.3) is 10.0 Å². The molecule has 168 valence electrons. The largest absolute Gasteiger partial charge is 0.454 e. The summed E-state index contributed by atoms with van der Waals surface area (Å²) < 4.78 is 34.2. The molecule has 0 amide bonds. The number of sulfonamides is 1. The van der Waals surface area contributed by atoms with Gasteiger partial charge in [0.15, 0.2) is 6.61 Å². The molecule has 1 aromatic heterocycles. The van der Waals surface area contributed by atoms with Crippen LogP contribution in [0.4, 0.5) is 5.69 Å². The predicted molar refractivity (Wildman–Crippen MR) is 123 cm³/mol. The van der Waals surface area contributed by atoms with Crippen molar-refractivity contribution in [3.05, 3.63) is 82.1 Å². The van der Waals surface area contributed by atoms with Crippen LogP contribution in [0.2, 0.25) is 5.02 Å². The molecule has 0 fully saturated rings. The molecule has 0 spiro atoms. The van der Waals surface area contributed by atoms with E-state index in [2.05, 4.69) is 0 Å². The quantitative estimate of drug-likeness (QED) is 0.379. The van der Waals surface area contributed by atoms with Crippen molar-refractivity contribution in [1.29, 1.82) is 0 Å². The molecule has 0 saturated heterocycles. The Bertz CT molecular complexity index is 1280. The highest BCUT2D eigenvalue weighted by molar-refractivity contribution is 7.92. The van der Waals surface area contributed by atoms with E-state index in [1.807, 2.05) is 18.5 Å². The minimum atomic E-state index is -3.95. The van der Waals surface area contributed by atoms with Gasteiger partial charge in [-0.2, -0.15) is 0 Å². The Balaban J connectivity index is 1.81. The lowest BCUT2D eigenvalue weighted by atomic mass is 10.1. The Labute approximate surface area is 192 Å². The number of halogens is 1. The SMILES string of the molecule is Cc1cc(C(=O)COC(=O)c2cc(S(=O)(=O)N(C)c3ccccc3)ccc2Cl)c(C)n1C. The van der Waals surface area contributed by atoms with Gasteiger partial charge in [0.1, 0.15) is 0 Å². The summed E-state index contributed by atoms with van der Waals surface area (Å²) in [6.45, 7) is 3.19. The Hall–Kier alpha value is -3.10. The topological polar surface area (TPSA) is 85.7 Å². The van der Waals surface area contributed by atoms with Crippen molar-refractivity contribution in [2.75, 3.05) is 18.0 Å². The first kappa shape index (κ1) is 23.6.